The fraction of sp³-hybridized carbons (Fsp3) is 0.370. The maximum Gasteiger partial charge on any atom is 0.417 e. The zero-order valence-corrected chi connectivity index (χ0v) is 20.3. The van der Waals surface area contributed by atoms with Crippen molar-refractivity contribution in [1.29, 1.82) is 0 Å². The molecule has 4 heterocycles. The molecule has 1 amide bonds. The first-order valence-corrected chi connectivity index (χ1v) is 12.2. The maximum absolute atomic E-state index is 12.5. The molecule has 0 saturated carbocycles. The van der Waals surface area contributed by atoms with E-state index in [2.05, 4.69) is 16.0 Å². The molecule has 0 radical (unpaired) electrons. The molecule has 0 spiro atoms. The van der Waals surface area contributed by atoms with Gasteiger partial charge in [-0.25, -0.2) is 14.7 Å². The monoisotopic (exact) mass is 490 g/mol. The number of ether oxygens (including phenoxy) is 4. The van der Waals surface area contributed by atoms with Crippen LogP contribution in [0.15, 0.2) is 72.4 Å². The molecule has 0 aromatic carbocycles. The second-order valence-corrected chi connectivity index (χ2v) is 9.02. The molecule has 1 fully saturated rings. The second-order valence-electron chi connectivity index (χ2n) is 9.02. The summed E-state index contributed by atoms with van der Waals surface area (Å²) >= 11 is 0. The number of aromatic nitrogens is 2. The largest absolute Gasteiger partial charge is 0.481 e. The molecule has 2 N–H and O–H groups in total. The molecule has 1 aliphatic carbocycles. The molecule has 2 aromatic heterocycles. The fourth-order valence-corrected chi connectivity index (χ4v) is 4.50. The minimum absolute atomic E-state index is 0.0408. The number of amides is 1. The lowest BCUT2D eigenvalue weighted by Crippen LogP contribution is -2.28. The second kappa shape index (κ2) is 10.8. The molecular weight excluding hydrogens is 460 g/mol. The van der Waals surface area contributed by atoms with Crippen LogP contribution in [0.25, 0.3) is 11.0 Å². The van der Waals surface area contributed by atoms with Gasteiger partial charge in [0.25, 0.3) is 0 Å². The van der Waals surface area contributed by atoms with E-state index in [0.717, 1.165) is 54.3 Å². The van der Waals surface area contributed by atoms with E-state index in [0.29, 0.717) is 30.5 Å². The molecule has 36 heavy (non-hydrogen) atoms. The third kappa shape index (κ3) is 5.36. The van der Waals surface area contributed by atoms with Gasteiger partial charge in [0, 0.05) is 18.3 Å². The Hall–Kier alpha value is -3.85. The zero-order chi connectivity index (χ0) is 24.9. The molecule has 9 nitrogen and oxygen atoms in total. The Kier molecular flexibility index (Phi) is 7.18. The van der Waals surface area contributed by atoms with Crippen molar-refractivity contribution in [3.8, 4) is 5.88 Å². The number of carbonyl (C=O) groups excluding carboxylic acids is 1. The van der Waals surface area contributed by atoms with Gasteiger partial charge in [0.2, 0.25) is 11.8 Å². The van der Waals surface area contributed by atoms with Crippen LogP contribution in [0.1, 0.15) is 37.7 Å². The van der Waals surface area contributed by atoms with Crippen molar-refractivity contribution in [2.75, 3.05) is 13.7 Å². The summed E-state index contributed by atoms with van der Waals surface area (Å²) < 4.78 is 22.3. The number of hydrogen-bond donors (Lipinski definition) is 1. The summed E-state index contributed by atoms with van der Waals surface area (Å²) in [6.07, 6.45) is 14.9. The van der Waals surface area contributed by atoms with Crippen molar-refractivity contribution in [2.24, 2.45) is 5.73 Å². The Labute approximate surface area is 209 Å². The molecule has 5 rings (SSSR count). The van der Waals surface area contributed by atoms with Crippen molar-refractivity contribution in [3.63, 3.8) is 0 Å². The summed E-state index contributed by atoms with van der Waals surface area (Å²) in [6, 6.07) is 5.64. The summed E-state index contributed by atoms with van der Waals surface area (Å²) in [5, 5.41) is 0. The average Bonchev–Trinajstić information content (AvgIpc) is 3.31. The standard InChI is InChI=1S/C27H30N4O5/c1-33-24-12-11-22-26(30-24)19(13-14-29-22)7-8-20(28)9-10-21-15-31(27(32)35-21)25-17-34-16-23(36-25)18-5-3-2-4-6-18/h2-3,5,11-14,16-17,20-21H,4,6-10,15,28H2,1H3/t20-,21+/m1/s1. The lowest BCUT2D eigenvalue weighted by atomic mass is 10.0. The highest BCUT2D eigenvalue weighted by molar-refractivity contribution is 5.78. The summed E-state index contributed by atoms with van der Waals surface area (Å²) in [6.45, 7) is 0.395. The Balaban J connectivity index is 1.12. The van der Waals surface area contributed by atoms with Gasteiger partial charge < -0.3 is 24.7 Å². The van der Waals surface area contributed by atoms with E-state index in [9.17, 15) is 4.79 Å². The Morgan fingerprint density at radius 3 is 3.00 bits per heavy atom. The van der Waals surface area contributed by atoms with E-state index in [1.165, 1.54) is 11.2 Å². The van der Waals surface area contributed by atoms with Crippen LogP contribution in [0.4, 0.5) is 4.79 Å². The number of hydrogen-bond acceptors (Lipinski definition) is 8. The molecule has 3 aliphatic rings. The number of nitrogens with zero attached hydrogens (tertiary/aromatic N) is 3. The lowest BCUT2D eigenvalue weighted by molar-refractivity contribution is 0.116. The third-order valence-electron chi connectivity index (χ3n) is 6.52. The zero-order valence-electron chi connectivity index (χ0n) is 20.3. The van der Waals surface area contributed by atoms with Crippen LogP contribution in [0, 0.1) is 0 Å². The highest BCUT2D eigenvalue weighted by atomic mass is 16.6. The SMILES string of the molecule is COc1ccc2nccc(CC[C@@H](N)CC[C@H]3CN(C4=COC=C(C5=CC=CCC5)O4)C(=O)O3)c2n1. The van der Waals surface area contributed by atoms with Crippen molar-refractivity contribution >= 4 is 17.1 Å². The van der Waals surface area contributed by atoms with Gasteiger partial charge in [-0.05, 0) is 61.8 Å². The van der Waals surface area contributed by atoms with E-state index < -0.39 is 6.09 Å². The van der Waals surface area contributed by atoms with Crippen molar-refractivity contribution in [3.05, 3.63) is 77.9 Å². The summed E-state index contributed by atoms with van der Waals surface area (Å²) in [7, 11) is 1.60. The molecule has 188 valence electrons. The molecule has 2 aliphatic heterocycles. The molecule has 0 unspecified atom stereocenters. The molecule has 0 bridgehead atoms. The predicted molar refractivity (Wildman–Crippen MR) is 133 cm³/mol. The number of allylic oxidation sites excluding steroid dienone is 4. The lowest BCUT2D eigenvalue weighted by Gasteiger charge is -2.23. The Morgan fingerprint density at radius 2 is 2.17 bits per heavy atom. The van der Waals surface area contributed by atoms with Gasteiger partial charge in [0.15, 0.2) is 12.0 Å². The number of rotatable bonds is 9. The van der Waals surface area contributed by atoms with E-state index in [1.807, 2.05) is 24.3 Å². The van der Waals surface area contributed by atoms with Gasteiger partial charge in [-0.2, -0.15) is 0 Å². The topological polar surface area (TPSA) is 109 Å². The summed E-state index contributed by atoms with van der Waals surface area (Å²) in [5.74, 6) is 1.52. The normalized spacial score (nSPS) is 20.2. The minimum atomic E-state index is -0.439. The van der Waals surface area contributed by atoms with Crippen LogP contribution >= 0.6 is 0 Å². The summed E-state index contributed by atoms with van der Waals surface area (Å²) in [5.41, 5.74) is 10.2. The first kappa shape index (κ1) is 23.9. The van der Waals surface area contributed by atoms with E-state index in [1.54, 1.807) is 25.6 Å². The van der Waals surface area contributed by atoms with Gasteiger partial charge in [-0.15, -0.1) is 0 Å². The minimum Gasteiger partial charge on any atom is -0.481 e. The van der Waals surface area contributed by atoms with Crippen molar-refractivity contribution < 1.29 is 23.7 Å². The third-order valence-corrected chi connectivity index (χ3v) is 6.52. The van der Waals surface area contributed by atoms with Crippen molar-refractivity contribution in [2.45, 2.75) is 50.7 Å². The number of cyclic esters (lactones) is 1. The molecular formula is C27H30N4O5. The maximum atomic E-state index is 12.5. The van der Waals surface area contributed by atoms with Gasteiger partial charge in [0.1, 0.15) is 12.4 Å². The quantitative estimate of drug-likeness (QED) is 0.549. The highest BCUT2D eigenvalue weighted by Crippen LogP contribution is 2.30. The highest BCUT2D eigenvalue weighted by Gasteiger charge is 2.36. The Bertz CT molecular complexity index is 1250. The number of aryl methyl sites for hydroxylation is 1. The number of pyridine rings is 2. The predicted octanol–water partition coefficient (Wildman–Crippen LogP) is 4.46. The van der Waals surface area contributed by atoms with Crippen molar-refractivity contribution in [1.82, 2.24) is 14.9 Å². The van der Waals surface area contributed by atoms with Crippen LogP contribution in [-0.2, 0) is 20.6 Å². The number of fused-ring (bicyclic) bond motifs is 1. The van der Waals surface area contributed by atoms with Crippen LogP contribution < -0.4 is 10.5 Å². The molecule has 2 aromatic rings. The van der Waals surface area contributed by atoms with Gasteiger partial charge in [0.05, 0.1) is 24.7 Å². The van der Waals surface area contributed by atoms with E-state index >= 15 is 0 Å². The smallest absolute Gasteiger partial charge is 0.417 e. The number of methoxy groups -OCH3 is 1. The van der Waals surface area contributed by atoms with Gasteiger partial charge in [-0.3, -0.25) is 4.98 Å². The van der Waals surface area contributed by atoms with Crippen LogP contribution in [0.5, 0.6) is 5.88 Å². The number of nitrogens with two attached hydrogens (primary N) is 1. The first-order chi connectivity index (χ1) is 17.6. The summed E-state index contributed by atoms with van der Waals surface area (Å²) in [4.78, 5) is 22.9. The van der Waals surface area contributed by atoms with Crippen LogP contribution in [0.3, 0.4) is 0 Å². The van der Waals surface area contributed by atoms with E-state index in [4.69, 9.17) is 24.7 Å². The Morgan fingerprint density at radius 1 is 1.25 bits per heavy atom. The average molecular weight is 491 g/mol. The van der Waals surface area contributed by atoms with Gasteiger partial charge in [-0.1, -0.05) is 18.2 Å². The molecule has 1 saturated heterocycles. The van der Waals surface area contributed by atoms with Crippen LogP contribution in [-0.4, -0.2) is 46.8 Å². The molecule has 2 atom stereocenters. The van der Waals surface area contributed by atoms with E-state index in [-0.39, 0.29) is 12.1 Å². The first-order valence-electron chi connectivity index (χ1n) is 12.2. The van der Waals surface area contributed by atoms with Gasteiger partial charge >= 0.3 is 6.09 Å². The number of carbonyl (C=O) groups is 1. The van der Waals surface area contributed by atoms with Crippen LogP contribution in [0.2, 0.25) is 0 Å². The molecule has 9 heteroatoms. The fourth-order valence-electron chi connectivity index (χ4n) is 4.50.